The Morgan fingerprint density at radius 1 is 1.42 bits per heavy atom. The van der Waals surface area contributed by atoms with Crippen molar-refractivity contribution in [1.82, 2.24) is 10.6 Å². The Bertz CT molecular complexity index is 441. The zero-order valence-electron chi connectivity index (χ0n) is 11.0. The van der Waals surface area contributed by atoms with Crippen LogP contribution in [-0.4, -0.2) is 25.2 Å². The maximum atomic E-state index is 11.9. The molecule has 0 fully saturated rings. The molecule has 2 N–H and O–H groups in total. The minimum atomic E-state index is -4.39. The van der Waals surface area contributed by atoms with Gasteiger partial charge in [0.1, 0.15) is 18.1 Å². The monoisotopic (exact) mass is 278 g/mol. The van der Waals surface area contributed by atoms with E-state index in [1.807, 2.05) is 13.0 Å². The molecule has 0 saturated carbocycles. The number of nitrogens with one attached hydrogen (secondary N) is 2. The molecule has 0 radical (unpaired) electrons. The predicted octanol–water partition coefficient (Wildman–Crippen LogP) is 2.23. The van der Waals surface area contributed by atoms with Gasteiger partial charge >= 0.3 is 6.18 Å². The zero-order valence-corrected chi connectivity index (χ0v) is 11.0. The Labute approximate surface area is 109 Å². The molecular formula is C12H17F3N2O2. The second-order valence-corrected chi connectivity index (χ2v) is 4.36. The molecule has 19 heavy (non-hydrogen) atoms. The van der Waals surface area contributed by atoms with Crippen LogP contribution in [0.5, 0.6) is 0 Å². The van der Waals surface area contributed by atoms with Gasteiger partial charge in [-0.3, -0.25) is 4.79 Å². The first-order chi connectivity index (χ1) is 8.69. The van der Waals surface area contributed by atoms with Gasteiger partial charge in [-0.15, -0.1) is 0 Å². The number of furan rings is 1. The topological polar surface area (TPSA) is 54.3 Å². The van der Waals surface area contributed by atoms with E-state index < -0.39 is 18.6 Å². The molecule has 1 unspecified atom stereocenters. The Balaban J connectivity index is 2.40. The van der Waals surface area contributed by atoms with Gasteiger partial charge in [0.25, 0.3) is 0 Å². The van der Waals surface area contributed by atoms with Crippen molar-refractivity contribution in [2.24, 2.45) is 0 Å². The average molecular weight is 278 g/mol. The molecule has 1 heterocycles. The maximum Gasteiger partial charge on any atom is 0.405 e. The number of carbonyl (C=O) groups is 1. The highest BCUT2D eigenvalue weighted by atomic mass is 19.4. The second kappa shape index (κ2) is 6.10. The minimum Gasteiger partial charge on any atom is -0.466 e. The van der Waals surface area contributed by atoms with Crippen LogP contribution in [-0.2, 0) is 4.79 Å². The van der Waals surface area contributed by atoms with Crippen LogP contribution in [0.3, 0.4) is 0 Å². The summed E-state index contributed by atoms with van der Waals surface area (Å²) in [5.74, 6) is 0.790. The predicted molar refractivity (Wildman–Crippen MR) is 63.7 cm³/mol. The Morgan fingerprint density at radius 2 is 2.05 bits per heavy atom. The van der Waals surface area contributed by atoms with Gasteiger partial charge in [0.05, 0.1) is 6.54 Å². The summed E-state index contributed by atoms with van der Waals surface area (Å²) in [6, 6.07) is 1.66. The van der Waals surface area contributed by atoms with Crippen molar-refractivity contribution in [2.45, 2.75) is 33.0 Å². The van der Waals surface area contributed by atoms with Crippen LogP contribution in [0.25, 0.3) is 0 Å². The SMILES string of the molecule is Cc1cc(C(C)NCC(=O)NCC(F)(F)F)c(C)o1. The molecule has 1 amide bonds. The fourth-order valence-corrected chi connectivity index (χ4v) is 1.70. The summed E-state index contributed by atoms with van der Waals surface area (Å²) in [5.41, 5.74) is 0.890. The standard InChI is InChI=1S/C12H17F3N2O2/c1-7-4-10(9(3)19-7)8(2)16-5-11(18)17-6-12(13,14)15/h4,8,16H,5-6H2,1-3H3,(H,17,18). The molecule has 0 bridgehead atoms. The summed E-state index contributed by atoms with van der Waals surface area (Å²) in [4.78, 5) is 11.2. The smallest absolute Gasteiger partial charge is 0.405 e. The quantitative estimate of drug-likeness (QED) is 0.868. The third-order valence-electron chi connectivity index (χ3n) is 2.60. The first-order valence-corrected chi connectivity index (χ1v) is 5.83. The molecule has 0 aliphatic rings. The number of hydrogen-bond acceptors (Lipinski definition) is 3. The molecule has 0 saturated heterocycles. The van der Waals surface area contributed by atoms with Crippen LogP contribution in [0.1, 0.15) is 30.0 Å². The van der Waals surface area contributed by atoms with Crippen molar-refractivity contribution in [3.63, 3.8) is 0 Å². The molecule has 7 heteroatoms. The van der Waals surface area contributed by atoms with E-state index >= 15 is 0 Å². The molecule has 0 aromatic carbocycles. The molecule has 0 aliphatic carbocycles. The molecule has 1 aromatic rings. The summed E-state index contributed by atoms with van der Waals surface area (Å²) in [6.45, 7) is 3.92. The number of rotatable bonds is 5. The number of halogens is 3. The van der Waals surface area contributed by atoms with Crippen molar-refractivity contribution in [2.75, 3.05) is 13.1 Å². The highest BCUT2D eigenvalue weighted by Gasteiger charge is 2.27. The number of alkyl halides is 3. The van der Waals surface area contributed by atoms with E-state index in [1.54, 1.807) is 19.2 Å². The fourth-order valence-electron chi connectivity index (χ4n) is 1.70. The van der Waals surface area contributed by atoms with E-state index in [1.165, 1.54) is 0 Å². The summed E-state index contributed by atoms with van der Waals surface area (Å²) >= 11 is 0. The number of carbonyl (C=O) groups excluding carboxylic acids is 1. The fraction of sp³-hybridized carbons (Fsp3) is 0.583. The van der Waals surface area contributed by atoms with Crippen LogP contribution in [0, 0.1) is 13.8 Å². The molecule has 4 nitrogen and oxygen atoms in total. The lowest BCUT2D eigenvalue weighted by molar-refractivity contribution is -0.137. The van der Waals surface area contributed by atoms with E-state index in [9.17, 15) is 18.0 Å². The molecule has 1 rings (SSSR count). The molecule has 108 valence electrons. The van der Waals surface area contributed by atoms with Crippen LogP contribution in [0.2, 0.25) is 0 Å². The third kappa shape index (κ3) is 5.34. The Morgan fingerprint density at radius 3 is 2.53 bits per heavy atom. The molecular weight excluding hydrogens is 261 g/mol. The maximum absolute atomic E-state index is 11.9. The molecule has 0 spiro atoms. The Hall–Kier alpha value is -1.50. The van der Waals surface area contributed by atoms with E-state index in [4.69, 9.17) is 4.42 Å². The van der Waals surface area contributed by atoms with Crippen molar-refractivity contribution >= 4 is 5.91 Å². The van der Waals surface area contributed by atoms with Crippen molar-refractivity contribution in [3.8, 4) is 0 Å². The lowest BCUT2D eigenvalue weighted by Crippen LogP contribution is -2.39. The molecule has 0 aliphatic heterocycles. The summed E-state index contributed by atoms with van der Waals surface area (Å²) in [6.07, 6.45) is -4.39. The van der Waals surface area contributed by atoms with Crippen LogP contribution in [0.4, 0.5) is 13.2 Å². The van der Waals surface area contributed by atoms with Crippen molar-refractivity contribution < 1.29 is 22.4 Å². The summed E-state index contributed by atoms with van der Waals surface area (Å²) in [7, 11) is 0. The largest absolute Gasteiger partial charge is 0.466 e. The Kier molecular flexibility index (Phi) is 4.99. The second-order valence-electron chi connectivity index (χ2n) is 4.36. The van der Waals surface area contributed by atoms with E-state index in [2.05, 4.69) is 5.32 Å². The normalized spacial score (nSPS) is 13.4. The number of aryl methyl sites for hydroxylation is 2. The van der Waals surface area contributed by atoms with E-state index in [0.717, 1.165) is 17.1 Å². The molecule has 1 atom stereocenters. The minimum absolute atomic E-state index is 0.172. The van der Waals surface area contributed by atoms with Crippen LogP contribution in [0.15, 0.2) is 10.5 Å². The van der Waals surface area contributed by atoms with Crippen molar-refractivity contribution in [1.29, 1.82) is 0 Å². The molecule has 1 aromatic heterocycles. The average Bonchev–Trinajstić information content (AvgIpc) is 2.61. The van der Waals surface area contributed by atoms with Gasteiger partial charge in [-0.05, 0) is 26.8 Å². The van der Waals surface area contributed by atoms with Gasteiger partial charge < -0.3 is 15.1 Å². The van der Waals surface area contributed by atoms with Gasteiger partial charge in [-0.2, -0.15) is 13.2 Å². The van der Waals surface area contributed by atoms with Crippen molar-refractivity contribution in [3.05, 3.63) is 23.2 Å². The zero-order chi connectivity index (χ0) is 14.6. The highest BCUT2D eigenvalue weighted by Crippen LogP contribution is 2.20. The van der Waals surface area contributed by atoms with E-state index in [-0.39, 0.29) is 12.6 Å². The number of hydrogen-bond donors (Lipinski definition) is 2. The van der Waals surface area contributed by atoms with Gasteiger partial charge in [0.15, 0.2) is 0 Å². The third-order valence-corrected chi connectivity index (χ3v) is 2.60. The first-order valence-electron chi connectivity index (χ1n) is 5.83. The van der Waals surface area contributed by atoms with Gasteiger partial charge in [-0.1, -0.05) is 0 Å². The lowest BCUT2D eigenvalue weighted by atomic mass is 10.1. The van der Waals surface area contributed by atoms with Gasteiger partial charge in [0.2, 0.25) is 5.91 Å². The summed E-state index contributed by atoms with van der Waals surface area (Å²) in [5, 5.41) is 4.65. The highest BCUT2D eigenvalue weighted by molar-refractivity contribution is 5.78. The summed E-state index contributed by atoms with van der Waals surface area (Å²) < 4.78 is 41.0. The number of amides is 1. The first kappa shape index (κ1) is 15.6. The van der Waals surface area contributed by atoms with Crippen LogP contribution >= 0.6 is 0 Å². The lowest BCUT2D eigenvalue weighted by Gasteiger charge is -2.13. The van der Waals surface area contributed by atoms with Gasteiger partial charge in [0, 0.05) is 11.6 Å². The van der Waals surface area contributed by atoms with Crippen LogP contribution < -0.4 is 10.6 Å². The van der Waals surface area contributed by atoms with E-state index in [0.29, 0.717) is 0 Å². The van der Waals surface area contributed by atoms with Gasteiger partial charge in [-0.25, -0.2) is 0 Å².